The van der Waals surface area contributed by atoms with Crippen LogP contribution in [0.5, 0.6) is 0 Å². The molecule has 0 aromatic heterocycles. The number of halogens is 1. The molecule has 6 heteroatoms. The van der Waals surface area contributed by atoms with Gasteiger partial charge < -0.3 is 5.32 Å². The Morgan fingerprint density at radius 3 is 2.14 bits per heavy atom. The van der Waals surface area contributed by atoms with Gasteiger partial charge in [-0.05, 0) is 61.4 Å². The Kier molecular flexibility index (Phi) is 4.74. The summed E-state index contributed by atoms with van der Waals surface area (Å²) in [5, 5.41) is 5.04. The van der Waals surface area contributed by atoms with Gasteiger partial charge in [-0.25, -0.2) is 8.42 Å². The zero-order valence-corrected chi connectivity index (χ0v) is 17.7. The summed E-state index contributed by atoms with van der Waals surface area (Å²) in [5.41, 5.74) is 2.14. The van der Waals surface area contributed by atoms with E-state index in [-0.39, 0.29) is 22.5 Å². The maximum Gasteiger partial charge on any atom is 0.241 e. The fourth-order valence-electron chi connectivity index (χ4n) is 4.02. The second-order valence-electron chi connectivity index (χ2n) is 8.40. The highest BCUT2D eigenvalue weighted by Crippen LogP contribution is 2.43. The van der Waals surface area contributed by atoms with Crippen molar-refractivity contribution in [2.24, 2.45) is 0 Å². The minimum Gasteiger partial charge on any atom is -0.334 e. The van der Waals surface area contributed by atoms with Crippen LogP contribution in [0.25, 0.3) is 10.8 Å². The van der Waals surface area contributed by atoms with E-state index in [9.17, 15) is 8.42 Å². The fourth-order valence-corrected chi connectivity index (χ4v) is 5.38. The predicted molar refractivity (Wildman–Crippen MR) is 113 cm³/mol. The molecular formula is C22H24ClN2O2S+. The molecule has 0 heterocycles. The first-order valence-corrected chi connectivity index (χ1v) is 11.2. The van der Waals surface area contributed by atoms with Crippen LogP contribution in [0.15, 0.2) is 65.6 Å². The van der Waals surface area contributed by atoms with Crippen molar-refractivity contribution in [2.75, 3.05) is 0 Å². The largest absolute Gasteiger partial charge is 0.334 e. The third-order valence-corrected chi connectivity index (χ3v) is 6.82. The van der Waals surface area contributed by atoms with Crippen molar-refractivity contribution >= 4 is 32.4 Å². The van der Waals surface area contributed by atoms with Gasteiger partial charge in [-0.2, -0.15) is 4.72 Å². The van der Waals surface area contributed by atoms with E-state index in [1.807, 2.05) is 18.2 Å². The molecule has 28 heavy (non-hydrogen) atoms. The van der Waals surface area contributed by atoms with Crippen molar-refractivity contribution in [3.63, 3.8) is 0 Å². The Bertz CT molecular complexity index is 1130. The molecule has 4 rings (SSSR count). The van der Waals surface area contributed by atoms with E-state index in [4.69, 9.17) is 11.6 Å². The summed E-state index contributed by atoms with van der Waals surface area (Å²) < 4.78 is 29.2. The van der Waals surface area contributed by atoms with Crippen LogP contribution in [0.4, 0.5) is 0 Å². The summed E-state index contributed by atoms with van der Waals surface area (Å²) in [6.45, 7) is 6.42. The molecular weight excluding hydrogens is 392 g/mol. The lowest BCUT2D eigenvalue weighted by atomic mass is 10.0. The lowest BCUT2D eigenvalue weighted by molar-refractivity contribution is -0.756. The Morgan fingerprint density at radius 2 is 1.54 bits per heavy atom. The van der Waals surface area contributed by atoms with Crippen LogP contribution in [0.2, 0.25) is 5.02 Å². The van der Waals surface area contributed by atoms with Gasteiger partial charge >= 0.3 is 0 Å². The molecule has 146 valence electrons. The van der Waals surface area contributed by atoms with Crippen molar-refractivity contribution in [3.05, 3.63) is 76.8 Å². The van der Waals surface area contributed by atoms with E-state index in [1.54, 1.807) is 12.1 Å². The number of quaternary nitrogens is 1. The lowest BCUT2D eigenvalue weighted by Gasteiger charge is -2.28. The van der Waals surface area contributed by atoms with E-state index >= 15 is 0 Å². The second-order valence-corrected chi connectivity index (χ2v) is 10.6. The summed E-state index contributed by atoms with van der Waals surface area (Å²) in [5.74, 6) is 0. The standard InChI is InChI=1S/C22H23ClN2O2S/c1-22(2,3)24-20-17-8-4-6-14-7-5-9-18(19(14)17)21(20)25-28(26,27)16-12-10-15(23)11-13-16/h4-13,20-21,24-25H,1-3H3/p+1/t20-,21-/m0/s1. The normalized spacial score (nSPS) is 19.3. The molecule has 0 fully saturated rings. The average molecular weight is 416 g/mol. The molecule has 0 amide bonds. The molecule has 3 aromatic carbocycles. The maximum atomic E-state index is 13.1. The van der Waals surface area contributed by atoms with Gasteiger partial charge in [0.15, 0.2) is 0 Å². The molecule has 2 atom stereocenters. The van der Waals surface area contributed by atoms with Crippen LogP contribution in [-0.4, -0.2) is 14.0 Å². The highest BCUT2D eigenvalue weighted by atomic mass is 35.5. The predicted octanol–water partition coefficient (Wildman–Crippen LogP) is 3.93. The Labute approximate surface area is 171 Å². The molecule has 4 nitrogen and oxygen atoms in total. The fraction of sp³-hybridized carbons (Fsp3) is 0.273. The zero-order valence-electron chi connectivity index (χ0n) is 16.1. The van der Waals surface area contributed by atoms with Crippen molar-refractivity contribution < 1.29 is 13.7 Å². The Balaban J connectivity index is 1.80. The molecule has 0 aliphatic heterocycles. The molecule has 3 N–H and O–H groups in total. The van der Waals surface area contributed by atoms with Crippen LogP contribution in [0, 0.1) is 0 Å². The maximum absolute atomic E-state index is 13.1. The van der Waals surface area contributed by atoms with Crippen LogP contribution in [-0.2, 0) is 10.0 Å². The Morgan fingerprint density at radius 1 is 0.929 bits per heavy atom. The van der Waals surface area contributed by atoms with E-state index in [1.165, 1.54) is 17.7 Å². The zero-order chi connectivity index (χ0) is 20.1. The topological polar surface area (TPSA) is 62.8 Å². The number of hydrogen-bond donors (Lipinski definition) is 2. The summed E-state index contributed by atoms with van der Waals surface area (Å²) in [6.07, 6.45) is 0. The summed E-state index contributed by atoms with van der Waals surface area (Å²) in [6, 6.07) is 18.2. The van der Waals surface area contributed by atoms with E-state index < -0.39 is 10.0 Å². The molecule has 0 saturated heterocycles. The molecule has 1 aliphatic rings. The Hall–Kier alpha value is -1.92. The highest BCUT2D eigenvalue weighted by molar-refractivity contribution is 7.89. The van der Waals surface area contributed by atoms with Gasteiger partial charge in [-0.15, -0.1) is 0 Å². The average Bonchev–Trinajstić information content (AvgIpc) is 2.89. The van der Waals surface area contributed by atoms with Crippen LogP contribution < -0.4 is 10.0 Å². The molecule has 0 radical (unpaired) electrons. The molecule has 1 aliphatic carbocycles. The van der Waals surface area contributed by atoms with Crippen molar-refractivity contribution in [1.82, 2.24) is 4.72 Å². The molecule has 0 bridgehead atoms. The SMILES string of the molecule is CC(C)(C)[NH2+][C@H]1c2cccc3cccc(c23)[C@@H]1NS(=O)(=O)c1ccc(Cl)cc1. The monoisotopic (exact) mass is 415 g/mol. The smallest absolute Gasteiger partial charge is 0.241 e. The first kappa shape index (κ1) is 19.4. The van der Waals surface area contributed by atoms with Gasteiger partial charge in [0.2, 0.25) is 10.0 Å². The number of nitrogens with one attached hydrogen (secondary N) is 1. The molecule has 0 unspecified atom stereocenters. The van der Waals surface area contributed by atoms with Gasteiger partial charge in [-0.1, -0.05) is 48.0 Å². The third-order valence-electron chi connectivity index (χ3n) is 5.11. The van der Waals surface area contributed by atoms with Crippen LogP contribution in [0.1, 0.15) is 44.0 Å². The number of nitrogens with two attached hydrogens (primary N) is 1. The first-order chi connectivity index (χ1) is 13.2. The van der Waals surface area contributed by atoms with Crippen molar-refractivity contribution in [3.8, 4) is 0 Å². The number of hydrogen-bond acceptors (Lipinski definition) is 2. The number of benzene rings is 3. The van der Waals surface area contributed by atoms with Gasteiger partial charge in [0, 0.05) is 10.6 Å². The van der Waals surface area contributed by atoms with E-state index in [0.717, 1.165) is 16.3 Å². The lowest BCUT2D eigenvalue weighted by Crippen LogP contribution is -2.95. The third kappa shape index (κ3) is 3.55. The van der Waals surface area contributed by atoms with E-state index in [2.05, 4.69) is 49.0 Å². The van der Waals surface area contributed by atoms with Gasteiger partial charge in [0.1, 0.15) is 12.1 Å². The van der Waals surface area contributed by atoms with Gasteiger partial charge in [-0.3, -0.25) is 0 Å². The van der Waals surface area contributed by atoms with Gasteiger partial charge in [0.05, 0.1) is 10.4 Å². The summed E-state index contributed by atoms with van der Waals surface area (Å²) >= 11 is 5.92. The van der Waals surface area contributed by atoms with Crippen LogP contribution >= 0.6 is 11.6 Å². The molecule has 0 saturated carbocycles. The van der Waals surface area contributed by atoms with Crippen molar-refractivity contribution in [1.29, 1.82) is 0 Å². The number of rotatable bonds is 4. The second kappa shape index (κ2) is 6.85. The minimum absolute atomic E-state index is 0.0387. The molecule has 3 aromatic rings. The molecule has 0 spiro atoms. The summed E-state index contributed by atoms with van der Waals surface area (Å²) in [7, 11) is -3.69. The summed E-state index contributed by atoms with van der Waals surface area (Å²) in [4.78, 5) is 0.217. The quantitative estimate of drug-likeness (QED) is 0.678. The minimum atomic E-state index is -3.69. The number of sulfonamides is 1. The van der Waals surface area contributed by atoms with Crippen LogP contribution in [0.3, 0.4) is 0 Å². The van der Waals surface area contributed by atoms with Crippen molar-refractivity contribution in [2.45, 2.75) is 43.3 Å². The van der Waals surface area contributed by atoms with E-state index in [0.29, 0.717) is 5.02 Å². The highest BCUT2D eigenvalue weighted by Gasteiger charge is 2.41. The first-order valence-electron chi connectivity index (χ1n) is 9.31. The van der Waals surface area contributed by atoms with Gasteiger partial charge in [0.25, 0.3) is 0 Å².